The van der Waals surface area contributed by atoms with E-state index in [1.165, 1.54) is 56.3 Å². The predicted molar refractivity (Wildman–Crippen MR) is 169 cm³/mol. The van der Waals surface area contributed by atoms with Crippen LogP contribution in [-0.4, -0.2) is 73.3 Å². The Morgan fingerprint density at radius 2 is 1.87 bits per heavy atom. The van der Waals surface area contributed by atoms with Gasteiger partial charge in [0.15, 0.2) is 17.1 Å². The summed E-state index contributed by atoms with van der Waals surface area (Å²) in [5.74, 6) is -1.49. The lowest BCUT2D eigenvalue weighted by atomic mass is 9.50. The molecule has 47 heavy (non-hydrogen) atoms. The van der Waals surface area contributed by atoms with Gasteiger partial charge >= 0.3 is 12.1 Å². The van der Waals surface area contributed by atoms with Gasteiger partial charge in [0.1, 0.15) is 6.10 Å². The molecule has 7 atom stereocenters. The molecule has 2 bridgehead atoms. The van der Waals surface area contributed by atoms with Crippen molar-refractivity contribution in [2.45, 2.75) is 95.9 Å². The molecule has 1 aromatic carbocycles. The summed E-state index contributed by atoms with van der Waals surface area (Å²) in [5.41, 5.74) is -1.24. The highest BCUT2D eigenvalue weighted by Gasteiger charge is 2.71. The molecule has 1 amide bonds. The number of benzene rings is 1. The van der Waals surface area contributed by atoms with E-state index in [1.807, 2.05) is 6.08 Å². The molecule has 4 fully saturated rings. The van der Waals surface area contributed by atoms with Crippen LogP contribution < -0.4 is 5.32 Å². The van der Waals surface area contributed by atoms with Crippen molar-refractivity contribution in [1.82, 2.24) is 5.32 Å². The Hall–Kier alpha value is -2.95. The van der Waals surface area contributed by atoms with Gasteiger partial charge < -0.3 is 24.0 Å². The lowest BCUT2D eigenvalue weighted by Crippen LogP contribution is -2.71. The first-order valence-electron chi connectivity index (χ1n) is 17.2. The van der Waals surface area contributed by atoms with E-state index in [2.05, 4.69) is 19.2 Å². The topological polar surface area (TPSA) is 73.9 Å². The number of piperidine rings is 1. The minimum atomic E-state index is -5.14. The maximum absolute atomic E-state index is 14.8. The number of rotatable bonds is 9. The number of likely N-dealkylation sites (tertiary alicyclic amines) is 1. The molecule has 2 saturated heterocycles. The van der Waals surface area contributed by atoms with Crippen LogP contribution in [0.4, 0.5) is 13.2 Å². The summed E-state index contributed by atoms with van der Waals surface area (Å²) in [4.78, 5) is 25.9. The number of esters is 1. The van der Waals surface area contributed by atoms with Crippen molar-refractivity contribution in [3.05, 3.63) is 64.8 Å². The molecule has 10 heteroatoms. The molecule has 254 valence electrons. The molecule has 0 aromatic heterocycles. The summed E-state index contributed by atoms with van der Waals surface area (Å²) < 4.78 is 63.5. The number of carbonyl (C=O) groups is 2. The van der Waals surface area contributed by atoms with Gasteiger partial charge in [-0.25, -0.2) is 0 Å². The smallest absolute Gasteiger partial charge is 0.425 e. The molecule has 2 heterocycles. The van der Waals surface area contributed by atoms with E-state index in [9.17, 15) is 22.8 Å². The molecule has 7 rings (SSSR count). The van der Waals surface area contributed by atoms with Crippen molar-refractivity contribution in [2.75, 3.05) is 26.7 Å². The number of ether oxygens (including phenoxy) is 3. The maximum Gasteiger partial charge on any atom is 0.425 e. The monoisotopic (exact) mass is 655 g/mol. The first-order valence-corrected chi connectivity index (χ1v) is 17.2. The van der Waals surface area contributed by atoms with E-state index in [4.69, 9.17) is 14.2 Å². The molecule has 6 aliphatic rings. The summed E-state index contributed by atoms with van der Waals surface area (Å²) in [6, 6.07) is 7.87. The fourth-order valence-electron chi connectivity index (χ4n) is 10.2. The summed E-state index contributed by atoms with van der Waals surface area (Å²) >= 11 is 0. The molecule has 4 aliphatic carbocycles. The van der Waals surface area contributed by atoms with Gasteiger partial charge in [-0.3, -0.25) is 9.59 Å². The summed E-state index contributed by atoms with van der Waals surface area (Å²) in [6.45, 7) is 9.12. The van der Waals surface area contributed by atoms with Gasteiger partial charge in [-0.2, -0.15) is 13.2 Å². The lowest BCUT2D eigenvalue weighted by Gasteiger charge is -2.63. The summed E-state index contributed by atoms with van der Waals surface area (Å²) in [5, 5.41) is 2.62. The van der Waals surface area contributed by atoms with Crippen LogP contribution in [0, 0.1) is 23.2 Å². The number of carbonyl (C=O) groups excluding carboxylic acids is 2. The third kappa shape index (κ3) is 5.29. The van der Waals surface area contributed by atoms with E-state index in [-0.39, 0.29) is 17.1 Å². The number of hydrogen-bond acceptors (Lipinski definition) is 5. The van der Waals surface area contributed by atoms with Crippen LogP contribution in [0.3, 0.4) is 0 Å². The number of alkyl halides is 3. The largest absolute Gasteiger partial charge is 0.425 e. The molecule has 1 spiro atoms. The van der Waals surface area contributed by atoms with Crippen molar-refractivity contribution >= 4 is 17.6 Å². The standard InChI is InChI=1S/C37H45F3N2O5/c1-22(2)20-42(21-24-13-14-24)18-17-35-27-11-8-12-29(35)47-33-30(35)26(19-28(27)42)15-16-36(33,45-4)41-34(44)31(37(38,39)40)32(46-23(3)43)25-9-6-5-7-10-25/h5-7,9-10,15-16,22,24,27-29,33H,8,11-14,17-21H2,1-4H3/p+1/t27-,28+,29-,33?,35+,36?,42?/m0/s1. The van der Waals surface area contributed by atoms with E-state index in [0.29, 0.717) is 17.9 Å². The molecular weight excluding hydrogens is 609 g/mol. The molecular formula is C37H46F3N2O5+. The van der Waals surface area contributed by atoms with Gasteiger partial charge in [0, 0.05) is 55.6 Å². The van der Waals surface area contributed by atoms with Crippen LogP contribution in [-0.2, 0) is 23.8 Å². The van der Waals surface area contributed by atoms with Crippen molar-refractivity contribution < 1.29 is 41.5 Å². The number of halogens is 3. The lowest BCUT2D eigenvalue weighted by molar-refractivity contribution is -0.967. The van der Waals surface area contributed by atoms with Crippen molar-refractivity contribution in [1.29, 1.82) is 0 Å². The average Bonchev–Trinajstić information content (AvgIpc) is 3.75. The second kappa shape index (κ2) is 11.6. The van der Waals surface area contributed by atoms with Crippen molar-refractivity contribution in [2.24, 2.45) is 23.2 Å². The zero-order chi connectivity index (χ0) is 33.4. The first-order chi connectivity index (χ1) is 22.3. The first kappa shape index (κ1) is 32.6. The molecule has 1 N–H and O–H groups in total. The van der Waals surface area contributed by atoms with E-state index in [1.54, 1.807) is 12.1 Å². The number of allylic oxidation sites excluding steroid dienone is 1. The maximum atomic E-state index is 14.8. The van der Waals surface area contributed by atoms with Crippen LogP contribution in [0.25, 0.3) is 5.76 Å². The molecule has 2 saturated carbocycles. The molecule has 0 radical (unpaired) electrons. The van der Waals surface area contributed by atoms with Gasteiger partial charge in [-0.1, -0.05) is 56.7 Å². The fourth-order valence-corrected chi connectivity index (χ4v) is 10.2. The van der Waals surface area contributed by atoms with Crippen LogP contribution in [0.5, 0.6) is 0 Å². The Bertz CT molecular complexity index is 1530. The number of nitrogens with one attached hydrogen (secondary N) is 1. The van der Waals surface area contributed by atoms with Crippen LogP contribution in [0.15, 0.2) is 59.2 Å². The molecule has 3 unspecified atom stereocenters. The molecule has 1 aromatic rings. The highest BCUT2D eigenvalue weighted by atomic mass is 19.4. The number of amides is 1. The zero-order valence-corrected chi connectivity index (χ0v) is 27.7. The minimum absolute atomic E-state index is 0.0413. The Morgan fingerprint density at radius 1 is 1.13 bits per heavy atom. The van der Waals surface area contributed by atoms with E-state index in [0.717, 1.165) is 68.1 Å². The third-order valence-corrected chi connectivity index (χ3v) is 11.8. The Labute approximate surface area is 274 Å². The highest BCUT2D eigenvalue weighted by molar-refractivity contribution is 6.03. The Kier molecular flexibility index (Phi) is 8.03. The summed E-state index contributed by atoms with van der Waals surface area (Å²) in [7, 11) is 1.39. The Morgan fingerprint density at radius 3 is 2.51 bits per heavy atom. The number of quaternary nitrogens is 1. The average molecular weight is 656 g/mol. The number of hydrogen-bond donors (Lipinski definition) is 1. The predicted octanol–water partition coefficient (Wildman–Crippen LogP) is 6.46. The van der Waals surface area contributed by atoms with Gasteiger partial charge in [-0.05, 0) is 42.9 Å². The molecule has 2 aliphatic heterocycles. The second-order valence-corrected chi connectivity index (χ2v) is 15.1. The van der Waals surface area contributed by atoms with Gasteiger partial charge in [0.05, 0.1) is 31.8 Å². The van der Waals surface area contributed by atoms with Gasteiger partial charge in [0.25, 0.3) is 5.91 Å². The third-order valence-electron chi connectivity index (χ3n) is 11.8. The molecule has 7 nitrogen and oxygen atoms in total. The fraction of sp³-hybridized carbons (Fsp3) is 0.622. The minimum Gasteiger partial charge on any atom is -0.425 e. The van der Waals surface area contributed by atoms with Crippen molar-refractivity contribution in [3.63, 3.8) is 0 Å². The Balaban J connectivity index is 1.29. The van der Waals surface area contributed by atoms with E-state index < -0.39 is 41.2 Å². The SMILES string of the molecule is COC1(NC(=O)C(=C(OC(C)=O)c2ccccc2)C(F)(F)F)C=CC2=C3C1O[C@H]1CCC[C@H]4[C@@H](C2)[N+](CC(C)C)(CC2CC2)CC[C@]314. The van der Waals surface area contributed by atoms with Gasteiger partial charge in [-0.15, -0.1) is 0 Å². The quantitative estimate of drug-likeness (QED) is 0.109. The van der Waals surface area contributed by atoms with Crippen LogP contribution in [0.2, 0.25) is 0 Å². The van der Waals surface area contributed by atoms with Gasteiger partial charge in [0.2, 0.25) is 0 Å². The number of nitrogens with zero attached hydrogens (tertiary/aromatic N) is 1. The number of methoxy groups -OCH3 is 1. The zero-order valence-electron chi connectivity index (χ0n) is 27.7. The second-order valence-electron chi connectivity index (χ2n) is 15.1. The normalized spacial score (nSPS) is 36.2. The summed E-state index contributed by atoms with van der Waals surface area (Å²) in [6.07, 6.45) is 5.18. The highest BCUT2D eigenvalue weighted by Crippen LogP contribution is 2.67. The van der Waals surface area contributed by atoms with Crippen LogP contribution >= 0.6 is 0 Å². The van der Waals surface area contributed by atoms with Crippen LogP contribution in [0.1, 0.15) is 71.3 Å². The van der Waals surface area contributed by atoms with Crippen molar-refractivity contribution in [3.8, 4) is 0 Å². The van der Waals surface area contributed by atoms with E-state index >= 15 is 0 Å².